The summed E-state index contributed by atoms with van der Waals surface area (Å²) in [6.07, 6.45) is 0. The average Bonchev–Trinajstić information content (AvgIpc) is 3.08. The van der Waals surface area contributed by atoms with E-state index in [-0.39, 0.29) is 11.9 Å². The maximum Gasteiger partial charge on any atom is 0.254 e. The number of ether oxygens (including phenoxy) is 1. The van der Waals surface area contributed by atoms with Crippen LogP contribution >= 0.6 is 0 Å². The van der Waals surface area contributed by atoms with E-state index < -0.39 is 0 Å². The Kier molecular flexibility index (Phi) is 4.01. The molecule has 1 saturated heterocycles. The number of aromatic amines is 1. The number of nitrogens with one attached hydrogen (secondary N) is 1. The second kappa shape index (κ2) is 6.10. The van der Waals surface area contributed by atoms with Crippen LogP contribution in [0.2, 0.25) is 0 Å². The molecule has 1 aliphatic heterocycles. The van der Waals surface area contributed by atoms with Crippen molar-refractivity contribution in [3.8, 4) is 0 Å². The minimum absolute atomic E-state index is 0.0524. The Morgan fingerprint density at radius 2 is 2.14 bits per heavy atom. The summed E-state index contributed by atoms with van der Waals surface area (Å²) in [5, 5.41) is 13.9. The molecule has 3 rings (SSSR count). The second-order valence-corrected chi connectivity index (χ2v) is 5.30. The van der Waals surface area contributed by atoms with Gasteiger partial charge in [-0.3, -0.25) is 4.79 Å². The van der Waals surface area contributed by atoms with Crippen LogP contribution < -0.4 is 4.90 Å². The summed E-state index contributed by atoms with van der Waals surface area (Å²) >= 11 is 0. The van der Waals surface area contributed by atoms with E-state index in [2.05, 4.69) is 20.6 Å². The van der Waals surface area contributed by atoms with Crippen LogP contribution in [0.3, 0.4) is 0 Å². The fourth-order valence-corrected chi connectivity index (χ4v) is 2.44. The fourth-order valence-electron chi connectivity index (χ4n) is 2.44. The number of tetrazole rings is 1. The molecule has 0 spiro atoms. The number of rotatable bonds is 3. The van der Waals surface area contributed by atoms with Crippen LogP contribution in [0.1, 0.15) is 22.2 Å². The number of H-pyrrole nitrogens is 1. The Balaban J connectivity index is 1.82. The molecule has 8 nitrogen and oxygen atoms in total. The topological polar surface area (TPSA) is 87.2 Å². The zero-order valence-electron chi connectivity index (χ0n) is 12.6. The summed E-state index contributed by atoms with van der Waals surface area (Å²) in [6.45, 7) is 1.39. The molecule has 0 bridgehead atoms. The molecule has 1 aliphatic rings. The number of anilines is 1. The summed E-state index contributed by atoms with van der Waals surface area (Å²) in [4.78, 5) is 16.5. The Morgan fingerprint density at radius 1 is 1.36 bits per heavy atom. The van der Waals surface area contributed by atoms with Gasteiger partial charge < -0.3 is 14.5 Å². The molecule has 0 aliphatic carbocycles. The summed E-state index contributed by atoms with van der Waals surface area (Å²) in [5.74, 6) is 0.418. The Bertz CT molecular complexity index is 625. The number of benzene rings is 1. The number of hydrogen-bond acceptors (Lipinski definition) is 6. The van der Waals surface area contributed by atoms with Gasteiger partial charge in [0.15, 0.2) is 5.82 Å². The normalized spacial score (nSPS) is 18.3. The molecule has 1 aromatic heterocycles. The van der Waals surface area contributed by atoms with Crippen molar-refractivity contribution in [2.24, 2.45) is 0 Å². The number of morpholine rings is 1. The highest BCUT2D eigenvalue weighted by Gasteiger charge is 2.32. The van der Waals surface area contributed by atoms with Gasteiger partial charge in [0.25, 0.3) is 5.91 Å². The van der Waals surface area contributed by atoms with Crippen LogP contribution in [0.25, 0.3) is 0 Å². The highest BCUT2D eigenvalue weighted by atomic mass is 16.5. The third-order valence-electron chi connectivity index (χ3n) is 3.68. The Labute approximate surface area is 128 Å². The molecule has 0 radical (unpaired) electrons. The number of carbonyl (C=O) groups is 1. The summed E-state index contributed by atoms with van der Waals surface area (Å²) in [6, 6.07) is 7.21. The van der Waals surface area contributed by atoms with E-state index in [1.807, 2.05) is 43.3 Å². The maximum absolute atomic E-state index is 12.8. The first-order valence-corrected chi connectivity index (χ1v) is 7.06. The van der Waals surface area contributed by atoms with Crippen LogP contribution in [0.15, 0.2) is 24.3 Å². The van der Waals surface area contributed by atoms with Crippen LogP contribution in [0, 0.1) is 0 Å². The first kappa shape index (κ1) is 14.5. The van der Waals surface area contributed by atoms with Gasteiger partial charge in [-0.1, -0.05) is 5.21 Å². The highest BCUT2D eigenvalue weighted by molar-refractivity contribution is 5.94. The summed E-state index contributed by atoms with van der Waals surface area (Å²) in [5.41, 5.74) is 1.69. The minimum Gasteiger partial charge on any atom is -0.378 e. The summed E-state index contributed by atoms with van der Waals surface area (Å²) in [7, 11) is 3.93. The van der Waals surface area contributed by atoms with E-state index in [0.717, 1.165) is 5.69 Å². The fraction of sp³-hybridized carbons (Fsp3) is 0.429. The molecule has 2 heterocycles. The van der Waals surface area contributed by atoms with Crippen molar-refractivity contribution in [3.05, 3.63) is 35.7 Å². The van der Waals surface area contributed by atoms with Crippen LogP contribution in [0.4, 0.5) is 5.69 Å². The maximum atomic E-state index is 12.8. The van der Waals surface area contributed by atoms with Crippen molar-refractivity contribution in [1.82, 2.24) is 25.5 Å². The SMILES string of the molecule is CN(C)c1ccc(C(=O)N2CCOCC2c2nn[nH]n2)cc1. The molecule has 1 fully saturated rings. The zero-order chi connectivity index (χ0) is 15.5. The van der Waals surface area contributed by atoms with E-state index >= 15 is 0 Å². The van der Waals surface area contributed by atoms with Gasteiger partial charge in [-0.05, 0) is 24.3 Å². The third-order valence-corrected chi connectivity index (χ3v) is 3.68. The van der Waals surface area contributed by atoms with E-state index in [1.54, 1.807) is 4.90 Å². The molecular formula is C14H18N6O2. The van der Waals surface area contributed by atoms with E-state index in [9.17, 15) is 4.79 Å². The van der Waals surface area contributed by atoms with E-state index in [1.165, 1.54) is 0 Å². The lowest BCUT2D eigenvalue weighted by molar-refractivity contribution is -0.00520. The highest BCUT2D eigenvalue weighted by Crippen LogP contribution is 2.23. The van der Waals surface area contributed by atoms with Crippen molar-refractivity contribution in [2.45, 2.75) is 6.04 Å². The van der Waals surface area contributed by atoms with Crippen molar-refractivity contribution in [1.29, 1.82) is 0 Å². The van der Waals surface area contributed by atoms with Gasteiger partial charge in [-0.15, -0.1) is 10.2 Å². The number of aromatic nitrogens is 4. The Morgan fingerprint density at radius 3 is 2.77 bits per heavy atom. The van der Waals surface area contributed by atoms with Gasteiger partial charge in [0.05, 0.1) is 13.2 Å². The van der Waals surface area contributed by atoms with Crippen LogP contribution in [-0.2, 0) is 4.74 Å². The van der Waals surface area contributed by atoms with Crippen LogP contribution in [0.5, 0.6) is 0 Å². The largest absolute Gasteiger partial charge is 0.378 e. The lowest BCUT2D eigenvalue weighted by Crippen LogP contribution is -2.43. The monoisotopic (exact) mass is 302 g/mol. The van der Waals surface area contributed by atoms with Crippen molar-refractivity contribution in [3.63, 3.8) is 0 Å². The molecule has 1 atom stereocenters. The summed E-state index contributed by atoms with van der Waals surface area (Å²) < 4.78 is 5.45. The lowest BCUT2D eigenvalue weighted by Gasteiger charge is -2.33. The van der Waals surface area contributed by atoms with Crippen molar-refractivity contribution in [2.75, 3.05) is 38.8 Å². The second-order valence-electron chi connectivity index (χ2n) is 5.30. The number of hydrogen-bond donors (Lipinski definition) is 1. The molecule has 0 saturated carbocycles. The van der Waals surface area contributed by atoms with Crippen molar-refractivity contribution < 1.29 is 9.53 Å². The van der Waals surface area contributed by atoms with Gasteiger partial charge >= 0.3 is 0 Å². The molecule has 1 aromatic carbocycles. The van der Waals surface area contributed by atoms with Gasteiger partial charge in [-0.2, -0.15) is 5.21 Å². The molecule has 116 valence electrons. The molecule has 2 aromatic rings. The number of nitrogens with zero attached hydrogens (tertiary/aromatic N) is 5. The molecule has 22 heavy (non-hydrogen) atoms. The quantitative estimate of drug-likeness (QED) is 0.887. The van der Waals surface area contributed by atoms with Gasteiger partial charge in [0.1, 0.15) is 6.04 Å². The average molecular weight is 302 g/mol. The zero-order valence-corrected chi connectivity index (χ0v) is 12.6. The Hall–Kier alpha value is -2.48. The minimum atomic E-state index is -0.312. The van der Waals surface area contributed by atoms with Gasteiger partial charge in [0, 0.05) is 31.9 Å². The van der Waals surface area contributed by atoms with Crippen molar-refractivity contribution >= 4 is 11.6 Å². The molecular weight excluding hydrogens is 284 g/mol. The number of amides is 1. The molecule has 8 heteroatoms. The standard InChI is InChI=1S/C14H18N6O2/c1-19(2)11-5-3-10(4-6-11)14(21)20-7-8-22-9-12(20)13-15-17-18-16-13/h3-6,12H,7-9H2,1-2H3,(H,15,16,17,18). The lowest BCUT2D eigenvalue weighted by atomic mass is 10.1. The smallest absolute Gasteiger partial charge is 0.254 e. The third kappa shape index (κ3) is 2.77. The molecule has 1 amide bonds. The first-order chi connectivity index (χ1) is 10.7. The van der Waals surface area contributed by atoms with Gasteiger partial charge in [0.2, 0.25) is 0 Å². The van der Waals surface area contributed by atoms with E-state index in [0.29, 0.717) is 31.1 Å². The van der Waals surface area contributed by atoms with E-state index in [4.69, 9.17) is 4.74 Å². The molecule has 1 N–H and O–H groups in total. The van der Waals surface area contributed by atoms with Gasteiger partial charge in [-0.25, -0.2) is 0 Å². The first-order valence-electron chi connectivity index (χ1n) is 7.06. The molecule has 1 unspecified atom stereocenters. The predicted molar refractivity (Wildman–Crippen MR) is 79.5 cm³/mol. The van der Waals surface area contributed by atoms with Crippen LogP contribution in [-0.4, -0.2) is 65.3 Å². The number of carbonyl (C=O) groups excluding carboxylic acids is 1. The predicted octanol–water partition coefficient (Wildman–Crippen LogP) is 0.479.